The van der Waals surface area contributed by atoms with Crippen LogP contribution in [0.3, 0.4) is 0 Å². The molecule has 0 amide bonds. The Morgan fingerprint density at radius 1 is 0.769 bits per heavy atom. The maximum atomic E-state index is 5.14. The van der Waals surface area contributed by atoms with Crippen LogP contribution in [0.25, 0.3) is 12.2 Å². The van der Waals surface area contributed by atoms with E-state index in [0.717, 1.165) is 11.3 Å². The van der Waals surface area contributed by atoms with Gasteiger partial charge in [0.05, 0.1) is 7.11 Å². The Morgan fingerprint density at radius 2 is 1.35 bits per heavy atom. The molecule has 0 N–H and O–H groups in total. The second-order valence-electron chi connectivity index (χ2n) is 6.28. The molecular formula is C25H28O. The molecule has 2 rings (SSSR count). The Labute approximate surface area is 158 Å². The second kappa shape index (κ2) is 11.8. The molecule has 26 heavy (non-hydrogen) atoms. The van der Waals surface area contributed by atoms with E-state index in [4.69, 9.17) is 4.74 Å². The Hall–Kier alpha value is -2.72. The van der Waals surface area contributed by atoms with Crippen molar-refractivity contribution < 1.29 is 4.74 Å². The van der Waals surface area contributed by atoms with Crippen LogP contribution in [0.1, 0.15) is 49.3 Å². The van der Waals surface area contributed by atoms with Crippen LogP contribution in [0.2, 0.25) is 0 Å². The molecule has 0 aliphatic heterocycles. The summed E-state index contributed by atoms with van der Waals surface area (Å²) in [6.07, 6.45) is 14.2. The molecule has 134 valence electrons. The van der Waals surface area contributed by atoms with Gasteiger partial charge < -0.3 is 4.74 Å². The van der Waals surface area contributed by atoms with Crippen LogP contribution >= 0.6 is 0 Å². The van der Waals surface area contributed by atoms with E-state index < -0.39 is 0 Å². The molecule has 2 aromatic rings. The number of methoxy groups -OCH3 is 1. The van der Waals surface area contributed by atoms with Gasteiger partial charge in [0.2, 0.25) is 0 Å². The van der Waals surface area contributed by atoms with Crippen LogP contribution in [-0.4, -0.2) is 7.11 Å². The van der Waals surface area contributed by atoms with Crippen LogP contribution in [0, 0.1) is 11.8 Å². The van der Waals surface area contributed by atoms with Crippen molar-refractivity contribution in [2.45, 2.75) is 39.0 Å². The first-order valence-corrected chi connectivity index (χ1v) is 9.39. The molecule has 0 bridgehead atoms. The zero-order chi connectivity index (χ0) is 18.5. The predicted molar refractivity (Wildman–Crippen MR) is 113 cm³/mol. The molecule has 0 atom stereocenters. The topological polar surface area (TPSA) is 9.23 Å². The quantitative estimate of drug-likeness (QED) is 0.390. The van der Waals surface area contributed by atoms with Gasteiger partial charge in [-0.15, -0.1) is 0 Å². The van der Waals surface area contributed by atoms with E-state index in [2.05, 4.69) is 49.1 Å². The van der Waals surface area contributed by atoms with Crippen LogP contribution in [-0.2, 0) is 6.42 Å². The highest BCUT2D eigenvalue weighted by molar-refractivity contribution is 5.56. The van der Waals surface area contributed by atoms with Crippen molar-refractivity contribution in [2.75, 3.05) is 7.11 Å². The molecule has 0 radical (unpaired) electrons. The highest BCUT2D eigenvalue weighted by Gasteiger charge is 1.93. The largest absolute Gasteiger partial charge is 0.497 e. The molecule has 1 heteroatoms. The van der Waals surface area contributed by atoms with E-state index in [9.17, 15) is 0 Å². The van der Waals surface area contributed by atoms with Crippen molar-refractivity contribution in [2.24, 2.45) is 0 Å². The maximum absolute atomic E-state index is 5.14. The summed E-state index contributed by atoms with van der Waals surface area (Å²) in [7, 11) is 1.67. The smallest absolute Gasteiger partial charge is 0.118 e. The van der Waals surface area contributed by atoms with E-state index in [1.54, 1.807) is 7.11 Å². The number of hydrogen-bond donors (Lipinski definition) is 0. The molecule has 0 aromatic heterocycles. The van der Waals surface area contributed by atoms with Crippen LogP contribution in [0.15, 0.2) is 60.7 Å². The van der Waals surface area contributed by atoms with Gasteiger partial charge in [0.15, 0.2) is 0 Å². The van der Waals surface area contributed by atoms with E-state index in [0.29, 0.717) is 0 Å². The van der Waals surface area contributed by atoms with E-state index >= 15 is 0 Å². The average Bonchev–Trinajstić information content (AvgIpc) is 2.69. The van der Waals surface area contributed by atoms with Crippen LogP contribution in [0.4, 0.5) is 0 Å². The molecule has 0 saturated carbocycles. The number of unbranched alkanes of at least 4 members (excludes halogenated alkanes) is 3. The lowest BCUT2D eigenvalue weighted by molar-refractivity contribution is 0.415. The standard InChI is InChI=1S/C25H28O/c1-3-4-5-8-11-22-14-16-23(17-15-22)12-9-6-7-10-13-24-18-20-25(26-2)21-19-24/h9-10,12-21H,3-5,8,11H2,1-2H3/b12-9+,13-10+. The van der Waals surface area contributed by atoms with Gasteiger partial charge in [-0.05, 0) is 66.0 Å². The van der Waals surface area contributed by atoms with E-state index in [-0.39, 0.29) is 0 Å². The minimum absolute atomic E-state index is 0.864. The fourth-order valence-electron chi connectivity index (χ4n) is 2.64. The van der Waals surface area contributed by atoms with Crippen LogP contribution in [0.5, 0.6) is 5.75 Å². The summed E-state index contributed by atoms with van der Waals surface area (Å²) in [4.78, 5) is 0. The van der Waals surface area contributed by atoms with Crippen molar-refractivity contribution in [3.63, 3.8) is 0 Å². The van der Waals surface area contributed by atoms with Gasteiger partial charge >= 0.3 is 0 Å². The van der Waals surface area contributed by atoms with Crippen molar-refractivity contribution in [3.8, 4) is 17.6 Å². The first kappa shape index (κ1) is 19.6. The summed E-state index contributed by atoms with van der Waals surface area (Å²) in [5.41, 5.74) is 3.72. The average molecular weight is 344 g/mol. The van der Waals surface area contributed by atoms with Crippen molar-refractivity contribution in [3.05, 3.63) is 77.4 Å². The molecule has 2 aromatic carbocycles. The van der Waals surface area contributed by atoms with Crippen molar-refractivity contribution in [1.82, 2.24) is 0 Å². The molecular weight excluding hydrogens is 316 g/mol. The second-order valence-corrected chi connectivity index (χ2v) is 6.28. The summed E-state index contributed by atoms with van der Waals surface area (Å²) in [5, 5.41) is 0. The SMILES string of the molecule is CCCCCCc1ccc(/C=C/C#C/C=C/c2ccc(OC)cc2)cc1. The van der Waals surface area contributed by atoms with Crippen molar-refractivity contribution >= 4 is 12.2 Å². The summed E-state index contributed by atoms with van der Waals surface area (Å²) < 4.78 is 5.14. The Bertz CT molecular complexity index is 753. The Morgan fingerprint density at radius 3 is 1.88 bits per heavy atom. The first-order valence-electron chi connectivity index (χ1n) is 9.39. The van der Waals surface area contributed by atoms with Gasteiger partial charge in [-0.1, -0.05) is 74.4 Å². The highest BCUT2D eigenvalue weighted by atomic mass is 16.5. The molecule has 0 saturated heterocycles. The monoisotopic (exact) mass is 344 g/mol. The molecule has 0 fully saturated rings. The zero-order valence-electron chi connectivity index (χ0n) is 15.9. The number of hydrogen-bond acceptors (Lipinski definition) is 1. The fraction of sp³-hybridized carbons (Fsp3) is 0.280. The number of benzene rings is 2. The van der Waals surface area contributed by atoms with Gasteiger partial charge in [-0.2, -0.15) is 0 Å². The molecule has 0 aliphatic carbocycles. The molecule has 0 unspecified atom stereocenters. The number of allylic oxidation sites excluding steroid dienone is 2. The highest BCUT2D eigenvalue weighted by Crippen LogP contribution is 2.12. The lowest BCUT2D eigenvalue weighted by atomic mass is 10.0. The normalized spacial score (nSPS) is 10.8. The van der Waals surface area contributed by atoms with Gasteiger partial charge in [0.25, 0.3) is 0 Å². The summed E-state index contributed by atoms with van der Waals surface area (Å²) in [6, 6.07) is 16.7. The number of aryl methyl sites for hydroxylation is 1. The minimum Gasteiger partial charge on any atom is -0.497 e. The van der Waals surface area contributed by atoms with Gasteiger partial charge in [-0.3, -0.25) is 0 Å². The van der Waals surface area contributed by atoms with Gasteiger partial charge in [-0.25, -0.2) is 0 Å². The van der Waals surface area contributed by atoms with Gasteiger partial charge in [0, 0.05) is 0 Å². The van der Waals surface area contributed by atoms with Crippen molar-refractivity contribution in [1.29, 1.82) is 0 Å². The lowest BCUT2D eigenvalue weighted by Crippen LogP contribution is -1.85. The summed E-state index contributed by atoms with van der Waals surface area (Å²) in [6.45, 7) is 2.25. The zero-order valence-corrected chi connectivity index (χ0v) is 15.9. The first-order chi connectivity index (χ1) is 12.8. The molecule has 0 aliphatic rings. The minimum atomic E-state index is 0.864. The van der Waals surface area contributed by atoms with E-state index in [1.165, 1.54) is 43.2 Å². The van der Waals surface area contributed by atoms with E-state index in [1.807, 2.05) is 42.5 Å². The molecule has 1 nitrogen and oxygen atoms in total. The third-order valence-corrected chi connectivity index (χ3v) is 4.22. The Kier molecular flexibility index (Phi) is 8.87. The van der Waals surface area contributed by atoms with Crippen LogP contribution < -0.4 is 4.74 Å². The predicted octanol–water partition coefficient (Wildman–Crippen LogP) is 6.55. The third kappa shape index (κ3) is 7.45. The number of rotatable bonds is 8. The lowest BCUT2D eigenvalue weighted by Gasteiger charge is -2.01. The Balaban J connectivity index is 1.79. The summed E-state index contributed by atoms with van der Waals surface area (Å²) in [5.74, 6) is 6.95. The number of ether oxygens (including phenoxy) is 1. The fourth-order valence-corrected chi connectivity index (χ4v) is 2.64. The molecule has 0 heterocycles. The summed E-state index contributed by atoms with van der Waals surface area (Å²) >= 11 is 0. The molecule has 0 spiro atoms. The maximum Gasteiger partial charge on any atom is 0.118 e. The van der Waals surface area contributed by atoms with Gasteiger partial charge in [0.1, 0.15) is 5.75 Å². The third-order valence-electron chi connectivity index (χ3n) is 4.22.